The lowest BCUT2D eigenvalue weighted by molar-refractivity contribution is 0.0915. The van der Waals surface area contributed by atoms with Crippen LogP contribution in [0.25, 0.3) is 10.1 Å². The molecule has 2 aromatic rings. The Hall–Kier alpha value is -1.55. The number of carbonyl (C=O) groups is 1. The zero-order valence-electron chi connectivity index (χ0n) is 11.7. The summed E-state index contributed by atoms with van der Waals surface area (Å²) in [6.45, 7) is 2.22. The van der Waals surface area contributed by atoms with Crippen LogP contribution < -0.4 is 11.1 Å². The fourth-order valence-electron chi connectivity index (χ4n) is 3.00. The van der Waals surface area contributed by atoms with Gasteiger partial charge in [0.25, 0.3) is 5.91 Å². The van der Waals surface area contributed by atoms with E-state index in [4.69, 9.17) is 5.73 Å². The highest BCUT2D eigenvalue weighted by Crippen LogP contribution is 2.33. The smallest absolute Gasteiger partial charge is 0.263 e. The molecule has 1 aromatic heterocycles. The van der Waals surface area contributed by atoms with Gasteiger partial charge in [0.2, 0.25) is 0 Å². The summed E-state index contributed by atoms with van der Waals surface area (Å²) in [5, 5.41) is 4.16. The molecule has 20 heavy (non-hydrogen) atoms. The Balaban J connectivity index is 1.83. The summed E-state index contributed by atoms with van der Waals surface area (Å²) in [5.74, 6) is 0.547. The molecule has 1 fully saturated rings. The maximum Gasteiger partial charge on any atom is 0.263 e. The van der Waals surface area contributed by atoms with Gasteiger partial charge in [-0.15, -0.1) is 11.3 Å². The summed E-state index contributed by atoms with van der Waals surface area (Å²) in [5.41, 5.74) is 6.75. The molecule has 0 saturated heterocycles. The molecular weight excluding hydrogens is 268 g/mol. The molecule has 0 bridgehead atoms. The number of anilines is 1. The van der Waals surface area contributed by atoms with Gasteiger partial charge in [0.15, 0.2) is 0 Å². The molecule has 1 aromatic carbocycles. The van der Waals surface area contributed by atoms with Crippen LogP contribution in [0, 0.1) is 5.92 Å². The van der Waals surface area contributed by atoms with Crippen LogP contribution in [0.5, 0.6) is 0 Å². The van der Waals surface area contributed by atoms with Gasteiger partial charge < -0.3 is 11.1 Å². The Morgan fingerprint density at radius 3 is 2.80 bits per heavy atom. The van der Waals surface area contributed by atoms with Crippen LogP contribution in [0.3, 0.4) is 0 Å². The SMILES string of the molecule is CC1CCCCC1NC(=O)c1sc2ccccc2c1N. The molecule has 2 atom stereocenters. The molecule has 0 spiro atoms. The third-order valence-electron chi connectivity index (χ3n) is 4.27. The van der Waals surface area contributed by atoms with Crippen molar-refractivity contribution in [1.29, 1.82) is 0 Å². The van der Waals surface area contributed by atoms with Crippen molar-refractivity contribution in [1.82, 2.24) is 5.32 Å². The van der Waals surface area contributed by atoms with Gasteiger partial charge in [-0.05, 0) is 24.8 Å². The van der Waals surface area contributed by atoms with Gasteiger partial charge in [0.05, 0.1) is 5.69 Å². The van der Waals surface area contributed by atoms with Gasteiger partial charge in [-0.25, -0.2) is 0 Å². The number of benzene rings is 1. The first-order valence-corrected chi connectivity index (χ1v) is 8.06. The van der Waals surface area contributed by atoms with Crippen molar-refractivity contribution >= 4 is 33.0 Å². The van der Waals surface area contributed by atoms with Crippen molar-refractivity contribution in [3.05, 3.63) is 29.1 Å². The number of hydrogen-bond acceptors (Lipinski definition) is 3. The maximum absolute atomic E-state index is 12.5. The van der Waals surface area contributed by atoms with Gasteiger partial charge >= 0.3 is 0 Å². The van der Waals surface area contributed by atoms with Gasteiger partial charge in [-0.2, -0.15) is 0 Å². The van der Waals surface area contributed by atoms with E-state index < -0.39 is 0 Å². The van der Waals surface area contributed by atoms with Crippen LogP contribution in [-0.2, 0) is 0 Å². The van der Waals surface area contributed by atoms with Crippen molar-refractivity contribution in [2.45, 2.75) is 38.6 Å². The molecule has 3 nitrogen and oxygen atoms in total. The highest BCUT2D eigenvalue weighted by atomic mass is 32.1. The second-order valence-corrected chi connectivity index (χ2v) is 6.73. The Bertz CT molecular complexity index is 634. The standard InChI is InChI=1S/C16H20N2OS/c1-10-6-2-4-8-12(10)18-16(19)15-14(17)11-7-3-5-9-13(11)20-15/h3,5,7,9-10,12H,2,4,6,8,17H2,1H3,(H,18,19). The normalized spacial score (nSPS) is 22.9. The molecule has 4 heteroatoms. The minimum absolute atomic E-state index is 0.0116. The van der Waals surface area contributed by atoms with Gasteiger partial charge in [-0.1, -0.05) is 38.0 Å². The fraction of sp³-hybridized carbons (Fsp3) is 0.438. The van der Waals surface area contributed by atoms with Crippen molar-refractivity contribution in [2.75, 3.05) is 5.73 Å². The van der Waals surface area contributed by atoms with E-state index >= 15 is 0 Å². The minimum Gasteiger partial charge on any atom is -0.397 e. The van der Waals surface area contributed by atoms with E-state index in [9.17, 15) is 4.79 Å². The lowest BCUT2D eigenvalue weighted by Gasteiger charge is -2.29. The zero-order valence-corrected chi connectivity index (χ0v) is 12.5. The van der Waals surface area contributed by atoms with E-state index in [-0.39, 0.29) is 5.91 Å². The summed E-state index contributed by atoms with van der Waals surface area (Å²) >= 11 is 1.48. The summed E-state index contributed by atoms with van der Waals surface area (Å²) in [7, 11) is 0. The molecule has 1 amide bonds. The fourth-order valence-corrected chi connectivity index (χ4v) is 4.02. The van der Waals surface area contributed by atoms with Crippen molar-refractivity contribution < 1.29 is 4.79 Å². The molecule has 106 valence electrons. The van der Waals surface area contributed by atoms with E-state index in [2.05, 4.69) is 12.2 Å². The van der Waals surface area contributed by atoms with E-state index in [1.165, 1.54) is 30.6 Å². The third-order valence-corrected chi connectivity index (χ3v) is 5.45. The number of carbonyl (C=O) groups excluding carboxylic acids is 1. The van der Waals surface area contributed by atoms with Gasteiger partial charge in [0, 0.05) is 16.1 Å². The average molecular weight is 288 g/mol. The molecule has 1 aliphatic carbocycles. The highest BCUT2D eigenvalue weighted by Gasteiger charge is 2.25. The number of thiophene rings is 1. The number of hydrogen-bond donors (Lipinski definition) is 2. The van der Waals surface area contributed by atoms with Crippen molar-refractivity contribution in [3.8, 4) is 0 Å². The monoisotopic (exact) mass is 288 g/mol. The van der Waals surface area contributed by atoms with Crippen LogP contribution >= 0.6 is 11.3 Å². The summed E-state index contributed by atoms with van der Waals surface area (Å²) < 4.78 is 1.08. The average Bonchev–Trinajstić information content (AvgIpc) is 2.79. The van der Waals surface area contributed by atoms with E-state index in [0.29, 0.717) is 22.5 Å². The van der Waals surface area contributed by atoms with Gasteiger partial charge in [0.1, 0.15) is 4.88 Å². The second-order valence-electron chi connectivity index (χ2n) is 5.68. The Labute approximate surface area is 123 Å². The van der Waals surface area contributed by atoms with E-state index in [1.807, 2.05) is 24.3 Å². The number of amides is 1. The van der Waals surface area contributed by atoms with Crippen molar-refractivity contribution in [3.63, 3.8) is 0 Å². The Morgan fingerprint density at radius 1 is 1.30 bits per heavy atom. The molecule has 2 unspecified atom stereocenters. The number of rotatable bonds is 2. The molecule has 1 aliphatic rings. The first kappa shape index (κ1) is 13.4. The molecule has 0 aliphatic heterocycles. The number of nitrogen functional groups attached to an aromatic ring is 1. The summed E-state index contributed by atoms with van der Waals surface area (Å²) in [4.78, 5) is 13.1. The number of fused-ring (bicyclic) bond motifs is 1. The third kappa shape index (κ3) is 2.40. The largest absolute Gasteiger partial charge is 0.397 e. The Morgan fingerprint density at radius 2 is 2.05 bits per heavy atom. The van der Waals surface area contributed by atoms with Gasteiger partial charge in [-0.3, -0.25) is 4.79 Å². The first-order chi connectivity index (χ1) is 9.66. The minimum atomic E-state index is -0.0116. The molecule has 3 rings (SSSR count). The summed E-state index contributed by atoms with van der Waals surface area (Å²) in [6.07, 6.45) is 4.76. The maximum atomic E-state index is 12.5. The first-order valence-electron chi connectivity index (χ1n) is 7.24. The van der Waals surface area contributed by atoms with Crippen molar-refractivity contribution in [2.24, 2.45) is 5.92 Å². The highest BCUT2D eigenvalue weighted by molar-refractivity contribution is 7.21. The van der Waals surface area contributed by atoms with E-state index in [1.54, 1.807) is 0 Å². The molecule has 1 saturated carbocycles. The lowest BCUT2D eigenvalue weighted by atomic mass is 9.86. The number of nitrogens with one attached hydrogen (secondary N) is 1. The zero-order chi connectivity index (χ0) is 14.1. The molecule has 3 N–H and O–H groups in total. The quantitative estimate of drug-likeness (QED) is 0.883. The predicted molar refractivity (Wildman–Crippen MR) is 85.1 cm³/mol. The summed E-state index contributed by atoms with van der Waals surface area (Å²) in [6, 6.07) is 8.21. The van der Waals surface area contributed by atoms with Crippen LogP contribution in [0.15, 0.2) is 24.3 Å². The molecular formula is C16H20N2OS. The van der Waals surface area contributed by atoms with E-state index in [0.717, 1.165) is 16.5 Å². The Kier molecular flexibility index (Phi) is 3.66. The van der Waals surface area contributed by atoms with Crippen LogP contribution in [0.1, 0.15) is 42.3 Å². The molecule has 1 heterocycles. The predicted octanol–water partition coefficient (Wildman–Crippen LogP) is 3.79. The second kappa shape index (κ2) is 5.44. The topological polar surface area (TPSA) is 55.1 Å². The van der Waals surface area contributed by atoms with Crippen LogP contribution in [0.2, 0.25) is 0 Å². The number of nitrogens with two attached hydrogens (primary N) is 1. The van der Waals surface area contributed by atoms with Crippen LogP contribution in [-0.4, -0.2) is 11.9 Å². The van der Waals surface area contributed by atoms with Crippen LogP contribution in [0.4, 0.5) is 5.69 Å². The molecule has 0 radical (unpaired) electrons. The lowest BCUT2D eigenvalue weighted by Crippen LogP contribution is -2.40.